The summed E-state index contributed by atoms with van der Waals surface area (Å²) < 4.78 is 0. The van der Waals surface area contributed by atoms with Gasteiger partial charge in [-0.3, -0.25) is 14.5 Å². The van der Waals surface area contributed by atoms with Crippen molar-refractivity contribution < 1.29 is 9.59 Å². The molecule has 0 unspecified atom stereocenters. The lowest BCUT2D eigenvalue weighted by Gasteiger charge is -2.31. The van der Waals surface area contributed by atoms with E-state index in [0.29, 0.717) is 10.7 Å². The minimum atomic E-state index is -0.316. The Hall–Kier alpha value is -2.05. The zero-order valence-corrected chi connectivity index (χ0v) is 13.4. The molecular weight excluding hydrogens is 316 g/mol. The molecule has 6 nitrogen and oxygen atoms in total. The molecule has 0 aliphatic carbocycles. The van der Waals surface area contributed by atoms with Gasteiger partial charge in [0.2, 0.25) is 5.91 Å². The summed E-state index contributed by atoms with van der Waals surface area (Å²) in [6, 6.07) is 7.39. The molecule has 1 aromatic carbocycles. The third kappa shape index (κ3) is 3.83. The summed E-state index contributed by atoms with van der Waals surface area (Å²) in [4.78, 5) is 28.4. The van der Waals surface area contributed by atoms with E-state index in [1.807, 2.05) is 17.0 Å². The van der Waals surface area contributed by atoms with Crippen LogP contribution in [0.3, 0.4) is 0 Å². The van der Waals surface area contributed by atoms with E-state index in [1.165, 1.54) is 0 Å². The summed E-state index contributed by atoms with van der Waals surface area (Å²) in [5.41, 5.74) is 6.61. The second-order valence-electron chi connectivity index (χ2n) is 5.90. The van der Waals surface area contributed by atoms with Crippen molar-refractivity contribution >= 4 is 34.3 Å². The van der Waals surface area contributed by atoms with Gasteiger partial charge in [0.05, 0.1) is 6.54 Å². The lowest BCUT2D eigenvalue weighted by Crippen LogP contribution is -2.46. The molecule has 0 bridgehead atoms. The monoisotopic (exact) mass is 334 g/mol. The number of rotatable bonds is 4. The molecule has 0 saturated carbocycles. The number of nitrogens with zero attached hydrogens (tertiary/aromatic N) is 1. The van der Waals surface area contributed by atoms with E-state index in [4.69, 9.17) is 17.3 Å². The molecule has 3 rings (SSSR count). The number of likely N-dealkylation sites (tertiary alicyclic amines) is 1. The molecule has 1 aromatic heterocycles. The minimum Gasteiger partial charge on any atom is -0.369 e. The number of carbonyl (C=O) groups is 2. The second kappa shape index (κ2) is 6.60. The first-order valence-corrected chi connectivity index (χ1v) is 7.99. The first-order valence-electron chi connectivity index (χ1n) is 7.61. The van der Waals surface area contributed by atoms with Crippen LogP contribution in [0.25, 0.3) is 10.9 Å². The quantitative estimate of drug-likeness (QED) is 0.791. The van der Waals surface area contributed by atoms with Crippen LogP contribution in [0.4, 0.5) is 0 Å². The third-order valence-electron chi connectivity index (χ3n) is 4.13. The largest absolute Gasteiger partial charge is 0.369 e. The predicted molar refractivity (Wildman–Crippen MR) is 89.4 cm³/mol. The van der Waals surface area contributed by atoms with E-state index in [2.05, 4.69) is 10.3 Å². The highest BCUT2D eigenvalue weighted by Gasteiger charge is 2.22. The van der Waals surface area contributed by atoms with Crippen molar-refractivity contribution in [2.45, 2.75) is 18.9 Å². The van der Waals surface area contributed by atoms with Gasteiger partial charge in [0, 0.05) is 35.1 Å². The lowest BCUT2D eigenvalue weighted by molar-refractivity contribution is -0.119. The summed E-state index contributed by atoms with van der Waals surface area (Å²) in [5, 5.41) is 4.60. The number of nitrogens with one attached hydrogen (secondary N) is 2. The summed E-state index contributed by atoms with van der Waals surface area (Å²) in [5.74, 6) is -0.435. The molecule has 7 heteroatoms. The zero-order valence-electron chi connectivity index (χ0n) is 12.6. The number of hydrogen-bond donors (Lipinski definition) is 3. The maximum atomic E-state index is 12.4. The highest BCUT2D eigenvalue weighted by Crippen LogP contribution is 2.20. The summed E-state index contributed by atoms with van der Waals surface area (Å²) in [6.07, 6.45) is 1.62. The van der Waals surface area contributed by atoms with Gasteiger partial charge in [-0.15, -0.1) is 0 Å². The van der Waals surface area contributed by atoms with Crippen LogP contribution in [-0.2, 0) is 4.79 Å². The predicted octanol–water partition coefficient (Wildman–Crippen LogP) is 1.50. The van der Waals surface area contributed by atoms with Gasteiger partial charge in [-0.05, 0) is 37.1 Å². The smallest absolute Gasteiger partial charge is 0.267 e. The number of aromatic amines is 1. The Balaban J connectivity index is 1.59. The molecule has 1 fully saturated rings. The number of primary amides is 1. The van der Waals surface area contributed by atoms with E-state index < -0.39 is 0 Å². The number of nitrogens with two attached hydrogens (primary N) is 1. The third-order valence-corrected chi connectivity index (χ3v) is 4.36. The fourth-order valence-corrected chi connectivity index (χ4v) is 3.13. The van der Waals surface area contributed by atoms with Crippen molar-refractivity contribution in [1.82, 2.24) is 15.2 Å². The highest BCUT2D eigenvalue weighted by molar-refractivity contribution is 6.31. The number of benzene rings is 1. The maximum Gasteiger partial charge on any atom is 0.267 e. The summed E-state index contributed by atoms with van der Waals surface area (Å²) in [7, 11) is 0. The van der Waals surface area contributed by atoms with Crippen LogP contribution in [0.2, 0.25) is 5.02 Å². The highest BCUT2D eigenvalue weighted by atomic mass is 35.5. The molecule has 122 valence electrons. The van der Waals surface area contributed by atoms with Gasteiger partial charge in [0.25, 0.3) is 5.91 Å². The number of fused-ring (bicyclic) bond motifs is 1. The lowest BCUT2D eigenvalue weighted by atomic mass is 10.0. The van der Waals surface area contributed by atoms with Crippen molar-refractivity contribution in [2.75, 3.05) is 19.6 Å². The van der Waals surface area contributed by atoms with E-state index >= 15 is 0 Å². The normalized spacial score (nSPS) is 16.6. The first kappa shape index (κ1) is 15.8. The van der Waals surface area contributed by atoms with Crippen LogP contribution in [0.1, 0.15) is 23.3 Å². The first-order chi connectivity index (χ1) is 11.0. The van der Waals surface area contributed by atoms with Crippen LogP contribution in [-0.4, -0.2) is 47.4 Å². The number of hydrogen-bond acceptors (Lipinski definition) is 3. The number of piperidine rings is 1. The van der Waals surface area contributed by atoms with Gasteiger partial charge in [-0.25, -0.2) is 0 Å². The van der Waals surface area contributed by atoms with Gasteiger partial charge >= 0.3 is 0 Å². The van der Waals surface area contributed by atoms with E-state index in [9.17, 15) is 9.59 Å². The van der Waals surface area contributed by atoms with Gasteiger partial charge in [0.15, 0.2) is 0 Å². The van der Waals surface area contributed by atoms with E-state index in [1.54, 1.807) is 12.1 Å². The Labute approximate surface area is 139 Å². The molecule has 4 N–H and O–H groups in total. The topological polar surface area (TPSA) is 91.2 Å². The van der Waals surface area contributed by atoms with Crippen molar-refractivity contribution in [3.8, 4) is 0 Å². The van der Waals surface area contributed by atoms with Crippen molar-refractivity contribution in [1.29, 1.82) is 0 Å². The van der Waals surface area contributed by atoms with Crippen molar-refractivity contribution in [3.05, 3.63) is 35.0 Å². The zero-order chi connectivity index (χ0) is 16.4. The molecule has 0 radical (unpaired) electrons. The molecule has 23 heavy (non-hydrogen) atoms. The number of aromatic nitrogens is 1. The van der Waals surface area contributed by atoms with Crippen LogP contribution >= 0.6 is 11.6 Å². The molecule has 0 atom stereocenters. The summed E-state index contributed by atoms with van der Waals surface area (Å²) in [6.45, 7) is 1.80. The minimum absolute atomic E-state index is 0.113. The molecule has 2 aromatic rings. The van der Waals surface area contributed by atoms with Crippen molar-refractivity contribution in [2.24, 2.45) is 5.73 Å². The Morgan fingerprint density at radius 3 is 2.74 bits per heavy atom. The SMILES string of the molecule is NC(=O)CN1CCC(NC(=O)c2cc3cc(Cl)ccc3[nH]2)CC1. The molecule has 1 aliphatic rings. The number of amides is 2. The van der Waals surface area contributed by atoms with Gasteiger partial charge in [0.1, 0.15) is 5.69 Å². The van der Waals surface area contributed by atoms with Crippen LogP contribution in [0.15, 0.2) is 24.3 Å². The Kier molecular flexibility index (Phi) is 4.54. The Morgan fingerprint density at radius 1 is 1.30 bits per heavy atom. The number of H-pyrrole nitrogens is 1. The molecule has 1 saturated heterocycles. The fourth-order valence-electron chi connectivity index (χ4n) is 2.94. The van der Waals surface area contributed by atoms with E-state index in [0.717, 1.165) is 36.8 Å². The number of halogens is 1. The van der Waals surface area contributed by atoms with Gasteiger partial charge in [-0.1, -0.05) is 11.6 Å². The van der Waals surface area contributed by atoms with Gasteiger partial charge in [-0.2, -0.15) is 0 Å². The standard InChI is InChI=1S/C16H19ClN4O2/c17-11-1-2-13-10(7-11)8-14(20-13)16(23)19-12-3-5-21(6-4-12)9-15(18)22/h1-2,7-8,12,20H,3-6,9H2,(H2,18,22)(H,19,23). The van der Waals surface area contributed by atoms with Crippen LogP contribution in [0.5, 0.6) is 0 Å². The van der Waals surface area contributed by atoms with Gasteiger partial charge < -0.3 is 16.0 Å². The second-order valence-corrected chi connectivity index (χ2v) is 6.34. The molecule has 1 aliphatic heterocycles. The molecule has 2 heterocycles. The maximum absolute atomic E-state index is 12.4. The van der Waals surface area contributed by atoms with Crippen molar-refractivity contribution in [3.63, 3.8) is 0 Å². The molecule has 0 spiro atoms. The van der Waals surface area contributed by atoms with E-state index in [-0.39, 0.29) is 24.4 Å². The van der Waals surface area contributed by atoms with Crippen LogP contribution < -0.4 is 11.1 Å². The molecule has 2 amide bonds. The average molecular weight is 335 g/mol. The summed E-state index contributed by atoms with van der Waals surface area (Å²) >= 11 is 5.96. The number of carbonyl (C=O) groups excluding carboxylic acids is 2. The average Bonchev–Trinajstić information content (AvgIpc) is 2.92. The molecular formula is C16H19ClN4O2. The Bertz CT molecular complexity index is 735. The Morgan fingerprint density at radius 2 is 2.04 bits per heavy atom. The van der Waals surface area contributed by atoms with Crippen LogP contribution in [0, 0.1) is 0 Å². The fraction of sp³-hybridized carbons (Fsp3) is 0.375.